The van der Waals surface area contributed by atoms with E-state index in [0.29, 0.717) is 45.6 Å². The van der Waals surface area contributed by atoms with Crippen LogP contribution in [0.5, 0.6) is 0 Å². The van der Waals surface area contributed by atoms with Crippen molar-refractivity contribution in [3.05, 3.63) is 146 Å². The maximum atomic E-state index is 6.69. The van der Waals surface area contributed by atoms with Gasteiger partial charge in [0.15, 0.2) is 23.1 Å². The summed E-state index contributed by atoms with van der Waals surface area (Å²) in [4.78, 5) is 20.3. The number of fused-ring (bicyclic) bond motifs is 8. The lowest BCUT2D eigenvalue weighted by Crippen LogP contribution is -2.00. The SMILES string of the molecule is c1ccc(-c2nc(-c3ccc4c(c3)oc3ccccc34)nc(-c3c4oc(-c5ccc6ccccc6c5)nc4cc4c3oc3ccccc34)n2)cc1. The Kier molecular flexibility index (Phi) is 5.83. The molecule has 0 aliphatic heterocycles. The molecule has 0 atom stereocenters. The Morgan fingerprint density at radius 1 is 0.353 bits per heavy atom. The number of furan rings is 2. The Labute approximate surface area is 289 Å². The van der Waals surface area contributed by atoms with Gasteiger partial charge in [-0.1, -0.05) is 103 Å². The third-order valence-electron chi connectivity index (χ3n) is 9.55. The highest BCUT2D eigenvalue weighted by molar-refractivity contribution is 6.16. The van der Waals surface area contributed by atoms with Crippen LogP contribution in [0.3, 0.4) is 0 Å². The first-order chi connectivity index (χ1) is 25.2. The zero-order chi connectivity index (χ0) is 33.5. The zero-order valence-electron chi connectivity index (χ0n) is 26.9. The van der Waals surface area contributed by atoms with Gasteiger partial charge in [-0.15, -0.1) is 0 Å². The number of nitrogens with zero attached hydrogens (tertiary/aromatic N) is 4. The van der Waals surface area contributed by atoms with Gasteiger partial charge < -0.3 is 13.3 Å². The number of hydrogen-bond acceptors (Lipinski definition) is 7. The third kappa shape index (κ3) is 4.38. The minimum absolute atomic E-state index is 0.416. The highest BCUT2D eigenvalue weighted by Crippen LogP contribution is 2.42. The van der Waals surface area contributed by atoms with E-state index < -0.39 is 0 Å². The zero-order valence-corrected chi connectivity index (χ0v) is 26.9. The number of benzene rings is 7. The van der Waals surface area contributed by atoms with E-state index in [1.807, 2.05) is 103 Å². The molecular weight excluding hydrogens is 633 g/mol. The molecule has 0 radical (unpaired) electrons. The molecule has 0 aliphatic rings. The molecule has 7 heteroatoms. The van der Waals surface area contributed by atoms with Gasteiger partial charge in [-0.25, -0.2) is 19.9 Å². The third-order valence-corrected chi connectivity index (χ3v) is 9.55. The van der Waals surface area contributed by atoms with E-state index in [2.05, 4.69) is 42.5 Å². The number of rotatable bonds is 4. The second-order valence-electron chi connectivity index (χ2n) is 12.6. The van der Waals surface area contributed by atoms with Gasteiger partial charge in [0.05, 0.1) is 0 Å². The summed E-state index contributed by atoms with van der Waals surface area (Å²) in [5, 5.41) is 6.22. The minimum Gasteiger partial charge on any atom is -0.456 e. The normalized spacial score (nSPS) is 11.9. The molecule has 0 fully saturated rings. The lowest BCUT2D eigenvalue weighted by Gasteiger charge is -2.09. The van der Waals surface area contributed by atoms with Crippen LogP contribution in [0.4, 0.5) is 0 Å². The van der Waals surface area contributed by atoms with Gasteiger partial charge in [0, 0.05) is 38.2 Å². The first-order valence-electron chi connectivity index (χ1n) is 16.7. The molecule has 238 valence electrons. The molecule has 0 unspecified atom stereocenters. The van der Waals surface area contributed by atoms with E-state index in [1.54, 1.807) is 0 Å². The summed E-state index contributed by atoms with van der Waals surface area (Å²) in [6.07, 6.45) is 0. The van der Waals surface area contributed by atoms with Gasteiger partial charge in [0.2, 0.25) is 5.89 Å². The van der Waals surface area contributed by atoms with Crippen LogP contribution in [0, 0.1) is 0 Å². The van der Waals surface area contributed by atoms with Crippen LogP contribution in [0.2, 0.25) is 0 Å². The quantitative estimate of drug-likeness (QED) is 0.186. The van der Waals surface area contributed by atoms with Gasteiger partial charge in [-0.05, 0) is 53.2 Å². The van der Waals surface area contributed by atoms with Crippen molar-refractivity contribution in [2.75, 3.05) is 0 Å². The maximum absolute atomic E-state index is 6.69. The Balaban J connectivity index is 1.19. The second-order valence-corrected chi connectivity index (χ2v) is 12.6. The maximum Gasteiger partial charge on any atom is 0.227 e. The van der Waals surface area contributed by atoms with E-state index in [1.165, 1.54) is 0 Å². The Morgan fingerprint density at radius 2 is 1.00 bits per heavy atom. The van der Waals surface area contributed by atoms with E-state index in [0.717, 1.165) is 65.8 Å². The number of oxazole rings is 1. The summed E-state index contributed by atoms with van der Waals surface area (Å²) in [6.45, 7) is 0. The molecule has 0 amide bonds. The summed E-state index contributed by atoms with van der Waals surface area (Å²) in [5.41, 5.74) is 7.32. The highest BCUT2D eigenvalue weighted by atomic mass is 16.4. The Hall–Kier alpha value is -7.12. The van der Waals surface area contributed by atoms with E-state index in [9.17, 15) is 0 Å². The molecule has 0 spiro atoms. The molecule has 0 saturated carbocycles. The molecule has 7 aromatic carbocycles. The smallest absolute Gasteiger partial charge is 0.227 e. The molecule has 0 aliphatic carbocycles. The number of aromatic nitrogens is 4. The van der Waals surface area contributed by atoms with Crippen LogP contribution >= 0.6 is 0 Å². The van der Waals surface area contributed by atoms with Gasteiger partial charge in [-0.3, -0.25) is 0 Å². The largest absolute Gasteiger partial charge is 0.456 e. The second kappa shape index (κ2) is 10.7. The van der Waals surface area contributed by atoms with Crippen LogP contribution in [0.25, 0.3) is 111 Å². The summed E-state index contributed by atoms with van der Waals surface area (Å²) in [5.74, 6) is 1.94. The fourth-order valence-corrected chi connectivity index (χ4v) is 7.09. The van der Waals surface area contributed by atoms with Crippen molar-refractivity contribution >= 4 is 65.7 Å². The van der Waals surface area contributed by atoms with Gasteiger partial charge in [0.25, 0.3) is 0 Å². The lowest BCUT2D eigenvalue weighted by atomic mass is 10.1. The Bertz CT molecular complexity index is 3160. The van der Waals surface area contributed by atoms with Gasteiger partial charge in [0.1, 0.15) is 33.4 Å². The van der Waals surface area contributed by atoms with Crippen molar-refractivity contribution in [1.82, 2.24) is 19.9 Å². The topological polar surface area (TPSA) is 91.0 Å². The molecular formula is C44H24N4O3. The monoisotopic (exact) mass is 656 g/mol. The molecule has 0 N–H and O–H groups in total. The average Bonchev–Trinajstić information content (AvgIpc) is 3.90. The fraction of sp³-hybridized carbons (Fsp3) is 0. The van der Waals surface area contributed by atoms with E-state index in [4.69, 9.17) is 33.2 Å². The van der Waals surface area contributed by atoms with Crippen LogP contribution in [0.15, 0.2) is 159 Å². The number of hydrogen-bond donors (Lipinski definition) is 0. The van der Waals surface area contributed by atoms with E-state index >= 15 is 0 Å². The Morgan fingerprint density at radius 3 is 1.84 bits per heavy atom. The molecule has 11 rings (SSSR count). The van der Waals surface area contributed by atoms with Crippen molar-refractivity contribution < 1.29 is 13.3 Å². The molecule has 4 aromatic heterocycles. The van der Waals surface area contributed by atoms with E-state index in [-0.39, 0.29) is 0 Å². The molecule has 11 aromatic rings. The van der Waals surface area contributed by atoms with Crippen LogP contribution < -0.4 is 0 Å². The van der Waals surface area contributed by atoms with Crippen LogP contribution in [-0.2, 0) is 0 Å². The summed E-state index contributed by atoms with van der Waals surface area (Å²) < 4.78 is 19.5. The van der Waals surface area contributed by atoms with Crippen molar-refractivity contribution in [2.24, 2.45) is 0 Å². The van der Waals surface area contributed by atoms with Crippen molar-refractivity contribution in [1.29, 1.82) is 0 Å². The average molecular weight is 657 g/mol. The van der Waals surface area contributed by atoms with Crippen LogP contribution in [-0.4, -0.2) is 19.9 Å². The highest BCUT2D eigenvalue weighted by Gasteiger charge is 2.25. The van der Waals surface area contributed by atoms with Crippen molar-refractivity contribution in [3.63, 3.8) is 0 Å². The lowest BCUT2D eigenvalue weighted by molar-refractivity contribution is 0.618. The summed E-state index contributed by atoms with van der Waals surface area (Å²) >= 11 is 0. The summed E-state index contributed by atoms with van der Waals surface area (Å²) in [6, 6.07) is 48.5. The first kappa shape index (κ1) is 27.8. The predicted molar refractivity (Wildman–Crippen MR) is 201 cm³/mol. The van der Waals surface area contributed by atoms with Crippen LogP contribution in [0.1, 0.15) is 0 Å². The molecule has 0 bridgehead atoms. The standard InChI is InChI=1S/C44H24N4O3/c1-2-11-26(12-3-1)41-46-42(28-20-21-32-30-14-6-8-16-35(30)49-37(32)23-28)48-43(47-41)38-39-33(31-15-7-9-17-36(31)50-39)24-34-40(38)51-44(45-34)29-19-18-25-10-4-5-13-27(25)22-29/h1-24H. The number of para-hydroxylation sites is 2. The minimum atomic E-state index is 0.416. The predicted octanol–water partition coefficient (Wildman–Crippen LogP) is 11.6. The molecule has 7 nitrogen and oxygen atoms in total. The molecule has 4 heterocycles. The van der Waals surface area contributed by atoms with Crippen molar-refractivity contribution in [3.8, 4) is 45.6 Å². The molecule has 51 heavy (non-hydrogen) atoms. The fourth-order valence-electron chi connectivity index (χ4n) is 7.09. The molecule has 0 saturated heterocycles. The first-order valence-corrected chi connectivity index (χ1v) is 16.7. The summed E-state index contributed by atoms with van der Waals surface area (Å²) in [7, 11) is 0. The van der Waals surface area contributed by atoms with Gasteiger partial charge in [-0.2, -0.15) is 0 Å². The van der Waals surface area contributed by atoms with Crippen molar-refractivity contribution in [2.45, 2.75) is 0 Å². The van der Waals surface area contributed by atoms with Gasteiger partial charge >= 0.3 is 0 Å².